The summed E-state index contributed by atoms with van der Waals surface area (Å²) < 4.78 is 44.7. The molecule has 0 heterocycles. The number of methoxy groups -OCH3 is 1. The average Bonchev–Trinajstić information content (AvgIpc) is 2.17. The zero-order valence-corrected chi connectivity index (χ0v) is 9.97. The molecule has 1 aromatic rings. The van der Waals surface area contributed by atoms with Crippen LogP contribution >= 0.6 is 15.9 Å². The molecule has 6 heteroatoms. The van der Waals surface area contributed by atoms with Crippen molar-refractivity contribution < 1.29 is 23.0 Å². The Balaban J connectivity index is 3.20. The third-order valence-electron chi connectivity index (χ3n) is 2.00. The molecule has 16 heavy (non-hydrogen) atoms. The summed E-state index contributed by atoms with van der Waals surface area (Å²) in [6.07, 6.45) is 0. The highest BCUT2D eigenvalue weighted by Gasteiger charge is 2.35. The maximum atomic E-state index is 13.6. The molecule has 1 aromatic carbocycles. The fraction of sp³-hybridized carbons (Fsp3) is 0.400. The second-order valence-electron chi connectivity index (χ2n) is 3.18. The number of aliphatic hydroxyl groups excluding tert-OH is 1. The first-order chi connectivity index (χ1) is 7.40. The summed E-state index contributed by atoms with van der Waals surface area (Å²) in [7, 11) is 1.11. The summed E-state index contributed by atoms with van der Waals surface area (Å²) in [4.78, 5) is 0. The van der Waals surface area contributed by atoms with E-state index in [4.69, 9.17) is 5.11 Å². The first-order valence-electron chi connectivity index (χ1n) is 4.38. The maximum Gasteiger partial charge on any atom is 0.298 e. The van der Waals surface area contributed by atoms with E-state index in [1.165, 1.54) is 12.1 Å². The molecular formula is C10H10BrF3O2. The lowest BCUT2D eigenvalue weighted by atomic mass is 10.0. The Hall–Kier alpha value is -0.590. The number of ether oxygens (including phenoxy) is 1. The zero-order chi connectivity index (χ0) is 12.3. The molecule has 0 fully saturated rings. The van der Waals surface area contributed by atoms with Crippen molar-refractivity contribution in [1.29, 1.82) is 0 Å². The summed E-state index contributed by atoms with van der Waals surface area (Å²) in [5.74, 6) is -4.55. The van der Waals surface area contributed by atoms with Crippen LogP contribution in [0.2, 0.25) is 0 Å². The smallest absolute Gasteiger partial charge is 0.298 e. The molecule has 1 rings (SSSR count). The van der Waals surface area contributed by atoms with Crippen LogP contribution in [0.3, 0.4) is 0 Å². The minimum atomic E-state index is -3.42. The SMILES string of the molecule is COCC(F)(F)c1cccc(C(O)Br)c1F. The van der Waals surface area contributed by atoms with E-state index in [0.29, 0.717) is 0 Å². The first-order valence-corrected chi connectivity index (χ1v) is 5.29. The van der Waals surface area contributed by atoms with E-state index in [2.05, 4.69) is 20.7 Å². The van der Waals surface area contributed by atoms with Crippen molar-refractivity contribution in [3.8, 4) is 0 Å². The Labute approximate surface area is 99.2 Å². The van der Waals surface area contributed by atoms with Gasteiger partial charge in [-0.05, 0) is 6.07 Å². The van der Waals surface area contributed by atoms with Crippen molar-refractivity contribution in [1.82, 2.24) is 0 Å². The van der Waals surface area contributed by atoms with Gasteiger partial charge in [-0.15, -0.1) is 0 Å². The topological polar surface area (TPSA) is 29.5 Å². The molecule has 90 valence electrons. The Morgan fingerprint density at radius 3 is 2.62 bits per heavy atom. The van der Waals surface area contributed by atoms with Crippen molar-refractivity contribution in [2.45, 2.75) is 10.9 Å². The van der Waals surface area contributed by atoms with Crippen LogP contribution in [0.5, 0.6) is 0 Å². The van der Waals surface area contributed by atoms with Crippen LogP contribution in [0, 0.1) is 5.82 Å². The highest BCUT2D eigenvalue weighted by atomic mass is 79.9. The Kier molecular flexibility index (Phi) is 4.35. The summed E-state index contributed by atoms with van der Waals surface area (Å²) in [6, 6.07) is 3.44. The van der Waals surface area contributed by atoms with Crippen molar-refractivity contribution >= 4 is 15.9 Å². The predicted octanol–water partition coefficient (Wildman–Crippen LogP) is 2.95. The van der Waals surface area contributed by atoms with Gasteiger partial charge in [-0.2, -0.15) is 8.78 Å². The summed E-state index contributed by atoms with van der Waals surface area (Å²) in [6.45, 7) is -0.911. The van der Waals surface area contributed by atoms with E-state index in [9.17, 15) is 13.2 Å². The number of hydrogen-bond acceptors (Lipinski definition) is 2. The molecule has 2 nitrogen and oxygen atoms in total. The largest absolute Gasteiger partial charge is 0.378 e. The van der Waals surface area contributed by atoms with Gasteiger partial charge in [0.05, 0.1) is 5.56 Å². The van der Waals surface area contributed by atoms with Gasteiger partial charge in [-0.1, -0.05) is 28.1 Å². The molecule has 0 aliphatic heterocycles. The third-order valence-corrected chi connectivity index (χ3v) is 2.50. The second kappa shape index (κ2) is 5.16. The Morgan fingerprint density at radius 1 is 1.50 bits per heavy atom. The first kappa shape index (κ1) is 13.5. The lowest BCUT2D eigenvalue weighted by Gasteiger charge is -2.18. The summed E-state index contributed by atoms with van der Waals surface area (Å²) >= 11 is 2.71. The lowest BCUT2D eigenvalue weighted by Crippen LogP contribution is -2.22. The van der Waals surface area contributed by atoms with Gasteiger partial charge in [0.2, 0.25) is 0 Å². The number of aliphatic hydroxyl groups is 1. The minimum Gasteiger partial charge on any atom is -0.378 e. The molecule has 1 N–H and O–H groups in total. The molecule has 0 spiro atoms. The van der Waals surface area contributed by atoms with Crippen LogP contribution in [-0.2, 0) is 10.7 Å². The number of rotatable bonds is 4. The van der Waals surface area contributed by atoms with Crippen LogP contribution in [0.4, 0.5) is 13.2 Å². The molecule has 0 aromatic heterocycles. The maximum absolute atomic E-state index is 13.6. The Morgan fingerprint density at radius 2 is 2.12 bits per heavy atom. The standard InChI is InChI=1S/C10H10BrF3O2/c1-16-5-10(13,14)7-4-2-3-6(8(7)12)9(11)15/h2-4,9,15H,5H2,1H3. The van der Waals surface area contributed by atoms with E-state index in [1.807, 2.05) is 0 Å². The highest BCUT2D eigenvalue weighted by Crippen LogP contribution is 2.34. The summed E-state index contributed by atoms with van der Waals surface area (Å²) in [5, 5.41) is 7.81. The molecule has 0 amide bonds. The van der Waals surface area contributed by atoms with Crippen LogP contribution in [-0.4, -0.2) is 18.8 Å². The molecule has 0 aliphatic rings. The zero-order valence-electron chi connectivity index (χ0n) is 8.38. The average molecular weight is 299 g/mol. The molecule has 0 saturated heterocycles. The molecule has 0 saturated carbocycles. The number of benzene rings is 1. The van der Waals surface area contributed by atoms with Gasteiger partial charge in [0, 0.05) is 12.7 Å². The summed E-state index contributed by atoms with van der Waals surface area (Å²) in [5.41, 5.74) is -1.02. The van der Waals surface area contributed by atoms with Crippen molar-refractivity contribution in [3.05, 3.63) is 35.1 Å². The van der Waals surface area contributed by atoms with Gasteiger partial charge in [-0.25, -0.2) is 4.39 Å². The molecule has 0 bridgehead atoms. The molecule has 1 unspecified atom stereocenters. The van der Waals surface area contributed by atoms with Gasteiger partial charge < -0.3 is 9.84 Å². The van der Waals surface area contributed by atoms with Crippen molar-refractivity contribution in [3.63, 3.8) is 0 Å². The number of hydrogen-bond donors (Lipinski definition) is 1. The van der Waals surface area contributed by atoms with E-state index >= 15 is 0 Å². The van der Waals surface area contributed by atoms with Gasteiger partial charge in [0.25, 0.3) is 5.92 Å². The molecule has 0 aliphatic carbocycles. The fourth-order valence-corrected chi connectivity index (χ4v) is 1.63. The minimum absolute atomic E-state index is 0.228. The quantitative estimate of drug-likeness (QED) is 0.866. The van der Waals surface area contributed by atoms with Crippen LogP contribution in [0.15, 0.2) is 18.2 Å². The van der Waals surface area contributed by atoms with Gasteiger partial charge >= 0.3 is 0 Å². The number of alkyl halides is 3. The fourth-order valence-electron chi connectivity index (χ4n) is 1.28. The van der Waals surface area contributed by atoms with Crippen LogP contribution < -0.4 is 0 Å². The lowest BCUT2D eigenvalue weighted by molar-refractivity contribution is -0.0723. The number of halogens is 4. The van der Waals surface area contributed by atoms with Gasteiger partial charge in [0.15, 0.2) is 0 Å². The normalized spacial score (nSPS) is 13.9. The van der Waals surface area contributed by atoms with Crippen molar-refractivity contribution in [2.24, 2.45) is 0 Å². The second-order valence-corrected chi connectivity index (χ2v) is 4.05. The van der Waals surface area contributed by atoms with Crippen molar-refractivity contribution in [2.75, 3.05) is 13.7 Å². The molecular weight excluding hydrogens is 289 g/mol. The van der Waals surface area contributed by atoms with Crippen LogP contribution in [0.25, 0.3) is 0 Å². The van der Waals surface area contributed by atoms with Gasteiger partial charge in [-0.3, -0.25) is 0 Å². The third kappa shape index (κ3) is 2.75. The molecule has 0 radical (unpaired) electrons. The van der Waals surface area contributed by atoms with E-state index in [-0.39, 0.29) is 5.56 Å². The van der Waals surface area contributed by atoms with E-state index in [1.54, 1.807) is 0 Å². The molecule has 1 atom stereocenters. The van der Waals surface area contributed by atoms with E-state index in [0.717, 1.165) is 13.2 Å². The van der Waals surface area contributed by atoms with Crippen LogP contribution in [0.1, 0.15) is 16.1 Å². The predicted molar refractivity (Wildman–Crippen MR) is 56.1 cm³/mol. The monoisotopic (exact) mass is 298 g/mol. The Bertz CT molecular complexity index is 369. The van der Waals surface area contributed by atoms with Gasteiger partial charge in [0.1, 0.15) is 17.4 Å². The van der Waals surface area contributed by atoms with E-state index < -0.39 is 28.9 Å². The highest BCUT2D eigenvalue weighted by molar-refractivity contribution is 9.09.